The van der Waals surface area contributed by atoms with E-state index in [1.807, 2.05) is 13.8 Å². The summed E-state index contributed by atoms with van der Waals surface area (Å²) in [5.74, 6) is 0. The second kappa shape index (κ2) is 9.08. The molecule has 0 radical (unpaired) electrons. The number of halogens is 6. The fraction of sp³-hybridized carbons (Fsp3) is 0.333. The second-order valence-corrected chi connectivity index (χ2v) is 7.64. The number of alkyl halides is 3. The molecule has 0 aliphatic heterocycles. The van der Waals surface area contributed by atoms with Gasteiger partial charge in [-0.3, -0.25) is 0 Å². The molecule has 1 aliphatic rings. The highest BCUT2D eigenvalue weighted by Gasteiger charge is 2.57. The molecule has 2 N–H and O–H groups in total. The lowest BCUT2D eigenvalue weighted by Gasteiger charge is -2.33. The van der Waals surface area contributed by atoms with E-state index in [-0.39, 0.29) is 35.0 Å². The largest absolute Gasteiger partial charge is 0.399 e. The molecule has 28 heavy (non-hydrogen) atoms. The Morgan fingerprint density at radius 3 is 2.11 bits per heavy atom. The predicted octanol–water partition coefficient (Wildman–Crippen LogP) is 7.81. The minimum atomic E-state index is -4.46. The van der Waals surface area contributed by atoms with Gasteiger partial charge in [0.25, 0.3) is 0 Å². The van der Waals surface area contributed by atoms with E-state index in [2.05, 4.69) is 0 Å². The van der Waals surface area contributed by atoms with Crippen molar-refractivity contribution in [3.05, 3.63) is 74.2 Å². The first-order valence-electron chi connectivity index (χ1n) is 8.87. The van der Waals surface area contributed by atoms with Crippen molar-refractivity contribution >= 4 is 40.4 Å². The molecule has 0 fully saturated rings. The molecule has 0 bridgehead atoms. The Balaban J connectivity index is 0.00000136. The van der Waals surface area contributed by atoms with E-state index in [0.717, 1.165) is 5.56 Å². The van der Waals surface area contributed by atoms with E-state index in [1.54, 1.807) is 24.3 Å². The third kappa shape index (κ3) is 4.51. The lowest BCUT2D eigenvalue weighted by Crippen LogP contribution is -2.40. The van der Waals surface area contributed by atoms with Gasteiger partial charge in [0.05, 0.1) is 5.41 Å². The predicted molar refractivity (Wildman–Crippen MR) is 112 cm³/mol. The van der Waals surface area contributed by atoms with Gasteiger partial charge in [0.15, 0.2) is 0 Å². The van der Waals surface area contributed by atoms with Crippen molar-refractivity contribution in [2.75, 3.05) is 0 Å². The quantitative estimate of drug-likeness (QED) is 0.507. The summed E-state index contributed by atoms with van der Waals surface area (Å²) in [7, 11) is 0. The van der Waals surface area contributed by atoms with Gasteiger partial charge in [0.2, 0.25) is 0 Å². The first kappa shape index (κ1) is 23.1. The smallest absolute Gasteiger partial charge is 0.326 e. The van der Waals surface area contributed by atoms with E-state index in [0.29, 0.717) is 16.2 Å². The monoisotopic (exact) mass is 449 g/mol. The van der Waals surface area contributed by atoms with Gasteiger partial charge in [-0.05, 0) is 59.4 Å². The van der Waals surface area contributed by atoms with Gasteiger partial charge in [-0.25, -0.2) is 0 Å². The summed E-state index contributed by atoms with van der Waals surface area (Å²) in [6, 6.07) is 9.24. The summed E-state index contributed by atoms with van der Waals surface area (Å²) >= 11 is 18.1. The van der Waals surface area contributed by atoms with Crippen molar-refractivity contribution in [3.63, 3.8) is 0 Å². The van der Waals surface area contributed by atoms with E-state index in [4.69, 9.17) is 40.5 Å². The lowest BCUT2D eigenvalue weighted by atomic mass is 9.76. The van der Waals surface area contributed by atoms with Crippen molar-refractivity contribution in [1.82, 2.24) is 0 Å². The van der Waals surface area contributed by atoms with Gasteiger partial charge in [0.1, 0.15) is 0 Å². The third-order valence-corrected chi connectivity index (χ3v) is 5.58. The van der Waals surface area contributed by atoms with Crippen molar-refractivity contribution in [2.45, 2.75) is 44.8 Å². The third-order valence-electron chi connectivity index (χ3n) is 4.79. The molecular weight excluding hydrogens is 430 g/mol. The molecule has 0 spiro atoms. The maximum atomic E-state index is 14.1. The standard InChI is InChI=1S/C19H15Cl3F3N.C2H6/c20-15-6-14(7-16(21)8-15)18(19(23,24)25)4-3-12(9-18)11-1-2-13(10-26)17(22)5-11;1-2/h1-3,5-8H,4,9-10,26H2;1-2H3. The number of benzene rings is 2. The molecule has 152 valence electrons. The van der Waals surface area contributed by atoms with Crippen LogP contribution in [0.5, 0.6) is 0 Å². The number of hydrogen-bond acceptors (Lipinski definition) is 1. The van der Waals surface area contributed by atoms with Crippen molar-refractivity contribution in [1.29, 1.82) is 0 Å². The van der Waals surface area contributed by atoms with Crippen LogP contribution in [-0.2, 0) is 12.0 Å². The van der Waals surface area contributed by atoms with Crippen LogP contribution in [0.15, 0.2) is 42.5 Å². The average molecular weight is 451 g/mol. The maximum Gasteiger partial charge on any atom is 0.399 e. The lowest BCUT2D eigenvalue weighted by molar-refractivity contribution is -0.187. The van der Waals surface area contributed by atoms with Crippen LogP contribution in [0.25, 0.3) is 5.57 Å². The van der Waals surface area contributed by atoms with Crippen LogP contribution in [0, 0.1) is 0 Å². The zero-order chi connectivity index (χ0) is 21.1. The zero-order valence-corrected chi connectivity index (χ0v) is 17.8. The summed E-state index contributed by atoms with van der Waals surface area (Å²) in [5.41, 5.74) is 5.59. The normalized spacial score (nSPS) is 19.1. The highest BCUT2D eigenvalue weighted by molar-refractivity contribution is 6.34. The van der Waals surface area contributed by atoms with Crippen LogP contribution < -0.4 is 5.73 Å². The average Bonchev–Trinajstić information content (AvgIpc) is 3.09. The molecule has 0 aromatic heterocycles. The van der Waals surface area contributed by atoms with Gasteiger partial charge in [-0.15, -0.1) is 0 Å². The molecule has 0 saturated heterocycles. The molecule has 1 aliphatic carbocycles. The first-order valence-corrected chi connectivity index (χ1v) is 10.0. The minimum Gasteiger partial charge on any atom is -0.326 e. The molecule has 0 saturated carbocycles. The summed E-state index contributed by atoms with van der Waals surface area (Å²) in [5, 5.41) is 0.807. The van der Waals surface area contributed by atoms with Gasteiger partial charge < -0.3 is 5.73 Å². The van der Waals surface area contributed by atoms with E-state index in [9.17, 15) is 13.2 Å². The number of rotatable bonds is 3. The highest BCUT2D eigenvalue weighted by Crippen LogP contribution is 2.54. The van der Waals surface area contributed by atoms with Crippen molar-refractivity contribution < 1.29 is 13.2 Å². The molecule has 3 rings (SSSR count). The van der Waals surface area contributed by atoms with Crippen LogP contribution in [0.4, 0.5) is 13.2 Å². The van der Waals surface area contributed by atoms with Gasteiger partial charge >= 0.3 is 6.18 Å². The van der Waals surface area contributed by atoms with Crippen LogP contribution >= 0.6 is 34.8 Å². The topological polar surface area (TPSA) is 26.0 Å². The molecule has 0 heterocycles. The molecule has 7 heteroatoms. The summed E-state index contributed by atoms with van der Waals surface area (Å²) < 4.78 is 42.3. The van der Waals surface area contributed by atoms with Crippen LogP contribution in [0.2, 0.25) is 15.1 Å². The molecule has 0 amide bonds. The number of nitrogens with two attached hydrogens (primary N) is 1. The van der Waals surface area contributed by atoms with Crippen molar-refractivity contribution in [3.8, 4) is 0 Å². The summed E-state index contributed by atoms with van der Waals surface area (Å²) in [4.78, 5) is 0. The number of hydrogen-bond donors (Lipinski definition) is 1. The Morgan fingerprint density at radius 2 is 1.61 bits per heavy atom. The summed E-state index contributed by atoms with van der Waals surface area (Å²) in [6.45, 7) is 4.27. The van der Waals surface area contributed by atoms with Gasteiger partial charge in [-0.1, -0.05) is 66.9 Å². The SMILES string of the molecule is CC.NCc1ccc(C2=CCC(c3cc(Cl)cc(Cl)c3)(C(F)(F)F)C2)cc1Cl. The Morgan fingerprint density at radius 1 is 1.00 bits per heavy atom. The fourth-order valence-corrected chi connectivity index (χ4v) is 4.11. The van der Waals surface area contributed by atoms with Gasteiger partial charge in [0, 0.05) is 21.6 Å². The Labute approximate surface area is 178 Å². The molecular formula is C21H21Cl3F3N. The zero-order valence-electron chi connectivity index (χ0n) is 15.5. The Hall–Kier alpha value is -1.20. The Kier molecular flexibility index (Phi) is 7.49. The summed E-state index contributed by atoms with van der Waals surface area (Å²) in [6.07, 6.45) is -3.24. The molecule has 1 nitrogen and oxygen atoms in total. The maximum absolute atomic E-state index is 14.1. The molecule has 1 atom stereocenters. The van der Waals surface area contributed by atoms with Crippen LogP contribution in [0.3, 0.4) is 0 Å². The van der Waals surface area contributed by atoms with E-state index < -0.39 is 11.6 Å². The van der Waals surface area contributed by atoms with Crippen LogP contribution in [-0.4, -0.2) is 6.18 Å². The van der Waals surface area contributed by atoms with E-state index >= 15 is 0 Å². The van der Waals surface area contributed by atoms with Gasteiger partial charge in [-0.2, -0.15) is 13.2 Å². The molecule has 2 aromatic carbocycles. The molecule has 2 aromatic rings. The van der Waals surface area contributed by atoms with E-state index in [1.165, 1.54) is 18.2 Å². The first-order chi connectivity index (χ1) is 13.2. The highest BCUT2D eigenvalue weighted by atomic mass is 35.5. The second-order valence-electron chi connectivity index (χ2n) is 6.36. The molecule has 1 unspecified atom stereocenters. The van der Waals surface area contributed by atoms with Crippen LogP contribution in [0.1, 0.15) is 43.4 Å². The Bertz CT molecular complexity index is 857. The fourth-order valence-electron chi connectivity index (χ4n) is 3.33. The number of allylic oxidation sites excluding steroid dienone is 2. The van der Waals surface area contributed by atoms with Crippen molar-refractivity contribution in [2.24, 2.45) is 5.73 Å². The minimum absolute atomic E-state index is 0.0680.